The monoisotopic (exact) mass is 385 g/mol. The summed E-state index contributed by atoms with van der Waals surface area (Å²) >= 11 is 5.15. The molecule has 0 unspecified atom stereocenters. The molecule has 0 aliphatic carbocycles. The molecule has 2 N–H and O–H groups in total. The number of nitro benzene ring substituents is 1. The molecule has 0 aromatic heterocycles. The summed E-state index contributed by atoms with van der Waals surface area (Å²) < 4.78 is 5.69. The zero-order valence-corrected chi connectivity index (χ0v) is 15.7. The van der Waals surface area contributed by atoms with Crippen LogP contribution in [0.4, 0.5) is 11.4 Å². The van der Waals surface area contributed by atoms with E-state index in [1.54, 1.807) is 24.3 Å². The van der Waals surface area contributed by atoms with Gasteiger partial charge in [0, 0.05) is 18.2 Å². The number of hydrogen-bond donors (Lipinski definition) is 2. The number of hydrogen-bond acceptors (Lipinski definition) is 5. The molecular weight excluding hydrogens is 366 g/mol. The van der Waals surface area contributed by atoms with E-state index in [1.807, 2.05) is 26.0 Å². The number of rotatable bonds is 6. The lowest BCUT2D eigenvalue weighted by Gasteiger charge is -2.15. The highest BCUT2D eigenvalue weighted by Gasteiger charge is 2.08. The average Bonchev–Trinajstić information content (AvgIpc) is 2.61. The quantitative estimate of drug-likeness (QED) is 0.339. The van der Waals surface area contributed by atoms with Crippen molar-refractivity contribution in [2.45, 2.75) is 20.0 Å². The number of non-ortho nitro benzene ring substituents is 1. The summed E-state index contributed by atoms with van der Waals surface area (Å²) in [5, 5.41) is 16.2. The number of amides is 1. The zero-order chi connectivity index (χ0) is 19.8. The molecular formula is C19H19N3O4S. The molecule has 2 aromatic carbocycles. The Kier molecular flexibility index (Phi) is 7.01. The fraction of sp³-hybridized carbons (Fsp3) is 0.158. The van der Waals surface area contributed by atoms with Crippen LogP contribution in [0.15, 0.2) is 54.6 Å². The van der Waals surface area contributed by atoms with Crippen LogP contribution in [0.3, 0.4) is 0 Å². The number of carbonyl (C=O) groups is 1. The lowest BCUT2D eigenvalue weighted by Crippen LogP contribution is -2.33. The van der Waals surface area contributed by atoms with Crippen LogP contribution in [0.25, 0.3) is 6.08 Å². The molecule has 0 bridgehead atoms. The minimum atomic E-state index is -0.481. The van der Waals surface area contributed by atoms with Crippen LogP contribution < -0.4 is 15.4 Å². The highest BCUT2D eigenvalue weighted by Crippen LogP contribution is 2.24. The molecule has 0 radical (unpaired) electrons. The summed E-state index contributed by atoms with van der Waals surface area (Å²) in [6.07, 6.45) is 2.84. The van der Waals surface area contributed by atoms with Crippen molar-refractivity contribution in [3.8, 4) is 5.75 Å². The topological polar surface area (TPSA) is 93.5 Å². The lowest BCUT2D eigenvalue weighted by molar-refractivity contribution is -0.384. The fourth-order valence-corrected chi connectivity index (χ4v) is 2.32. The maximum Gasteiger partial charge on any atom is 0.269 e. The van der Waals surface area contributed by atoms with Gasteiger partial charge in [0.2, 0.25) is 5.91 Å². The van der Waals surface area contributed by atoms with Crippen molar-refractivity contribution in [3.63, 3.8) is 0 Å². The van der Waals surface area contributed by atoms with Gasteiger partial charge >= 0.3 is 0 Å². The van der Waals surface area contributed by atoms with Gasteiger partial charge in [-0.2, -0.15) is 0 Å². The van der Waals surface area contributed by atoms with E-state index in [2.05, 4.69) is 10.6 Å². The summed E-state index contributed by atoms with van der Waals surface area (Å²) in [6.45, 7) is 3.83. The van der Waals surface area contributed by atoms with Gasteiger partial charge < -0.3 is 10.1 Å². The summed E-state index contributed by atoms with van der Waals surface area (Å²) in [5.41, 5.74) is 1.30. The molecule has 2 rings (SSSR count). The van der Waals surface area contributed by atoms with E-state index in [-0.39, 0.29) is 16.9 Å². The van der Waals surface area contributed by atoms with Gasteiger partial charge in [0.25, 0.3) is 5.69 Å². The van der Waals surface area contributed by atoms with Crippen molar-refractivity contribution in [1.29, 1.82) is 0 Å². The Morgan fingerprint density at radius 2 is 1.85 bits per heavy atom. The van der Waals surface area contributed by atoms with Gasteiger partial charge in [-0.1, -0.05) is 12.1 Å². The van der Waals surface area contributed by atoms with Gasteiger partial charge in [0.15, 0.2) is 5.11 Å². The van der Waals surface area contributed by atoms with Crippen molar-refractivity contribution in [2.24, 2.45) is 0 Å². The highest BCUT2D eigenvalue weighted by molar-refractivity contribution is 7.80. The molecule has 27 heavy (non-hydrogen) atoms. The van der Waals surface area contributed by atoms with Gasteiger partial charge in [-0.25, -0.2) is 0 Å². The predicted molar refractivity (Wildman–Crippen MR) is 109 cm³/mol. The van der Waals surface area contributed by atoms with Gasteiger partial charge in [0.05, 0.1) is 16.7 Å². The second kappa shape index (κ2) is 9.44. The Balaban J connectivity index is 1.94. The molecule has 0 aliphatic heterocycles. The van der Waals surface area contributed by atoms with E-state index >= 15 is 0 Å². The Hall–Kier alpha value is -3.26. The first kappa shape index (κ1) is 20.1. The summed E-state index contributed by atoms with van der Waals surface area (Å²) in [6, 6.07) is 13.1. The molecule has 2 aromatic rings. The smallest absolute Gasteiger partial charge is 0.269 e. The minimum Gasteiger partial charge on any atom is -0.489 e. The molecule has 8 heteroatoms. The van der Waals surface area contributed by atoms with E-state index in [9.17, 15) is 14.9 Å². The van der Waals surface area contributed by atoms with Crippen LogP contribution in [0.1, 0.15) is 19.4 Å². The zero-order valence-electron chi connectivity index (χ0n) is 14.8. The largest absolute Gasteiger partial charge is 0.489 e. The molecule has 0 saturated heterocycles. The number of nitrogens with zero attached hydrogens (tertiary/aromatic N) is 1. The molecule has 0 heterocycles. The molecule has 0 aliphatic rings. The summed E-state index contributed by atoms with van der Waals surface area (Å²) in [7, 11) is 0. The van der Waals surface area contributed by atoms with E-state index in [0.717, 1.165) is 0 Å². The molecule has 0 spiro atoms. The van der Waals surface area contributed by atoms with Crippen molar-refractivity contribution in [3.05, 3.63) is 70.3 Å². The highest BCUT2D eigenvalue weighted by atomic mass is 32.1. The number of para-hydroxylation sites is 2. The van der Waals surface area contributed by atoms with Crippen molar-refractivity contribution in [2.75, 3.05) is 5.32 Å². The number of nitro groups is 1. The third-order valence-corrected chi connectivity index (χ3v) is 3.47. The fourth-order valence-electron chi connectivity index (χ4n) is 2.11. The summed E-state index contributed by atoms with van der Waals surface area (Å²) in [4.78, 5) is 22.1. The second-order valence-corrected chi connectivity index (χ2v) is 6.20. The normalized spacial score (nSPS) is 10.6. The van der Waals surface area contributed by atoms with Crippen molar-refractivity contribution >= 4 is 40.7 Å². The lowest BCUT2D eigenvalue weighted by atomic mass is 10.2. The minimum absolute atomic E-state index is 0.000688. The van der Waals surface area contributed by atoms with Crippen LogP contribution in [0, 0.1) is 10.1 Å². The number of carbonyl (C=O) groups excluding carboxylic acids is 1. The number of thiocarbonyl (C=S) groups is 1. The number of ether oxygens (including phenoxy) is 1. The predicted octanol–water partition coefficient (Wildman–Crippen LogP) is 3.91. The first-order valence-electron chi connectivity index (χ1n) is 8.15. The molecule has 0 saturated carbocycles. The summed E-state index contributed by atoms with van der Waals surface area (Å²) in [5.74, 6) is 0.207. The molecule has 0 fully saturated rings. The van der Waals surface area contributed by atoms with Crippen LogP contribution in [0.5, 0.6) is 5.75 Å². The maximum absolute atomic E-state index is 12.0. The number of benzene rings is 2. The second-order valence-electron chi connectivity index (χ2n) is 5.79. The molecule has 140 valence electrons. The third-order valence-electron chi connectivity index (χ3n) is 3.27. The Labute approximate surface area is 162 Å². The molecule has 0 atom stereocenters. The maximum atomic E-state index is 12.0. The first-order chi connectivity index (χ1) is 12.8. The van der Waals surface area contributed by atoms with Crippen molar-refractivity contribution in [1.82, 2.24) is 5.32 Å². The van der Waals surface area contributed by atoms with E-state index in [0.29, 0.717) is 17.0 Å². The number of nitrogens with one attached hydrogen (secondary N) is 2. The average molecular weight is 385 g/mol. The Morgan fingerprint density at radius 1 is 1.19 bits per heavy atom. The van der Waals surface area contributed by atoms with E-state index in [1.165, 1.54) is 24.3 Å². The van der Waals surface area contributed by atoms with Crippen LogP contribution in [-0.2, 0) is 4.79 Å². The van der Waals surface area contributed by atoms with Crippen LogP contribution in [0.2, 0.25) is 0 Å². The Morgan fingerprint density at radius 3 is 2.48 bits per heavy atom. The Bertz CT molecular complexity index is 864. The van der Waals surface area contributed by atoms with E-state index < -0.39 is 10.8 Å². The van der Waals surface area contributed by atoms with Crippen molar-refractivity contribution < 1.29 is 14.5 Å². The van der Waals surface area contributed by atoms with Crippen LogP contribution in [-0.4, -0.2) is 22.0 Å². The first-order valence-corrected chi connectivity index (χ1v) is 8.56. The van der Waals surface area contributed by atoms with Crippen LogP contribution >= 0.6 is 12.2 Å². The van der Waals surface area contributed by atoms with Gasteiger partial charge in [0.1, 0.15) is 5.75 Å². The standard InChI is InChI=1S/C19H19N3O4S/c1-13(2)26-17-6-4-3-5-16(17)20-19(27)21-18(23)12-9-14-7-10-15(11-8-14)22(24)25/h3-13H,1-2H3,(H2,20,21,23,27)/b12-9+. The van der Waals surface area contributed by atoms with E-state index in [4.69, 9.17) is 17.0 Å². The van der Waals surface area contributed by atoms with Gasteiger partial charge in [-0.15, -0.1) is 0 Å². The van der Waals surface area contributed by atoms with Gasteiger partial charge in [-0.3, -0.25) is 20.2 Å². The third kappa shape index (κ3) is 6.52. The van der Waals surface area contributed by atoms with Gasteiger partial charge in [-0.05, 0) is 62.0 Å². The number of anilines is 1. The molecule has 1 amide bonds. The molecule has 7 nitrogen and oxygen atoms in total. The SMILES string of the molecule is CC(C)Oc1ccccc1NC(=S)NC(=O)/C=C/c1ccc([N+](=O)[O-])cc1.